The Hall–Kier alpha value is -1.08. The van der Waals surface area contributed by atoms with Gasteiger partial charge in [-0.3, -0.25) is 9.89 Å². The zero-order chi connectivity index (χ0) is 15.9. The number of hydrogen-bond acceptors (Lipinski definition) is 4. The van der Waals surface area contributed by atoms with Crippen LogP contribution in [-0.2, 0) is 9.05 Å². The van der Waals surface area contributed by atoms with Crippen LogP contribution in [-0.4, -0.2) is 43.0 Å². The van der Waals surface area contributed by atoms with Crippen molar-refractivity contribution in [2.24, 2.45) is 11.8 Å². The summed E-state index contributed by atoms with van der Waals surface area (Å²) >= 11 is 0. The van der Waals surface area contributed by atoms with Crippen LogP contribution in [0.25, 0.3) is 0 Å². The number of rotatable bonds is 5. The van der Waals surface area contributed by atoms with Gasteiger partial charge in [-0.25, -0.2) is 8.42 Å². The fraction of sp³-hybridized carbons (Fsp3) is 0.692. The van der Waals surface area contributed by atoms with Crippen molar-refractivity contribution in [1.82, 2.24) is 15.1 Å². The Bertz CT molecular complexity index is 654. The Morgan fingerprint density at radius 1 is 1.52 bits per heavy atom. The van der Waals surface area contributed by atoms with Gasteiger partial charge in [-0.1, -0.05) is 20.8 Å². The molecule has 0 bridgehead atoms. The first-order chi connectivity index (χ1) is 9.62. The third-order valence-corrected chi connectivity index (χ3v) is 5.27. The Balaban J connectivity index is 2.32. The lowest BCUT2D eigenvalue weighted by molar-refractivity contribution is 0.0777. The molecule has 1 N–H and O–H groups in total. The van der Waals surface area contributed by atoms with Gasteiger partial charge in [-0.2, -0.15) is 5.10 Å². The van der Waals surface area contributed by atoms with E-state index in [1.165, 1.54) is 4.90 Å². The van der Waals surface area contributed by atoms with Gasteiger partial charge in [0.1, 0.15) is 4.90 Å². The number of nitrogens with zero attached hydrogens (tertiary/aromatic N) is 2. The SMILES string of the molecule is CC(C)c1[nH]nc(C(=O)N(C)CC2CC2C)c1S(=O)(=O)Cl. The lowest BCUT2D eigenvalue weighted by Crippen LogP contribution is -2.30. The van der Waals surface area contributed by atoms with Crippen LogP contribution >= 0.6 is 10.7 Å². The highest BCUT2D eigenvalue weighted by Crippen LogP contribution is 2.38. The largest absolute Gasteiger partial charge is 0.340 e. The van der Waals surface area contributed by atoms with E-state index in [4.69, 9.17) is 10.7 Å². The molecule has 0 radical (unpaired) electrons. The summed E-state index contributed by atoms with van der Waals surface area (Å²) in [5.41, 5.74) is 0.242. The van der Waals surface area contributed by atoms with Crippen LogP contribution in [0.1, 0.15) is 49.3 Å². The van der Waals surface area contributed by atoms with E-state index in [0.29, 0.717) is 24.1 Å². The average molecular weight is 334 g/mol. The third kappa shape index (κ3) is 3.40. The maximum Gasteiger partial charge on any atom is 0.275 e. The molecule has 2 rings (SSSR count). The molecule has 1 amide bonds. The number of aromatic nitrogens is 2. The van der Waals surface area contributed by atoms with Crippen LogP contribution in [0, 0.1) is 11.8 Å². The summed E-state index contributed by atoms with van der Waals surface area (Å²) < 4.78 is 23.6. The lowest BCUT2D eigenvalue weighted by atomic mass is 10.1. The molecule has 1 aliphatic carbocycles. The first-order valence-corrected chi connectivity index (χ1v) is 9.22. The third-order valence-electron chi connectivity index (χ3n) is 3.90. The van der Waals surface area contributed by atoms with Crippen molar-refractivity contribution in [3.63, 3.8) is 0 Å². The quantitative estimate of drug-likeness (QED) is 0.837. The first-order valence-electron chi connectivity index (χ1n) is 6.91. The second kappa shape index (κ2) is 5.61. The van der Waals surface area contributed by atoms with Gasteiger partial charge in [0.05, 0.1) is 5.69 Å². The van der Waals surface area contributed by atoms with Crippen LogP contribution in [0.3, 0.4) is 0 Å². The minimum absolute atomic E-state index is 0.121. The number of carbonyl (C=O) groups is 1. The van der Waals surface area contributed by atoms with Crippen LogP contribution in [0.15, 0.2) is 4.90 Å². The normalized spacial score (nSPS) is 21.6. The second-order valence-electron chi connectivity index (χ2n) is 6.07. The van der Waals surface area contributed by atoms with Crippen molar-refractivity contribution in [2.45, 2.75) is 38.0 Å². The van der Waals surface area contributed by atoms with E-state index in [2.05, 4.69) is 17.1 Å². The summed E-state index contributed by atoms with van der Waals surface area (Å²) in [6.07, 6.45) is 1.09. The van der Waals surface area contributed by atoms with Gasteiger partial charge in [0.25, 0.3) is 15.0 Å². The van der Waals surface area contributed by atoms with Crippen molar-refractivity contribution >= 4 is 25.6 Å². The molecular formula is C13H20ClN3O3S. The Morgan fingerprint density at radius 3 is 2.52 bits per heavy atom. The van der Waals surface area contributed by atoms with Crippen molar-refractivity contribution in [1.29, 1.82) is 0 Å². The zero-order valence-electron chi connectivity index (χ0n) is 12.6. The fourth-order valence-electron chi connectivity index (χ4n) is 2.40. The van der Waals surface area contributed by atoms with E-state index in [1.807, 2.05) is 13.8 Å². The molecule has 2 atom stereocenters. The molecule has 0 aliphatic heterocycles. The molecular weight excluding hydrogens is 314 g/mol. The predicted octanol–water partition coefficient (Wildman–Crippen LogP) is 2.19. The second-order valence-corrected chi connectivity index (χ2v) is 8.57. The van der Waals surface area contributed by atoms with E-state index >= 15 is 0 Å². The summed E-state index contributed by atoms with van der Waals surface area (Å²) in [6, 6.07) is 0. The van der Waals surface area contributed by atoms with Crippen LogP contribution in [0.4, 0.5) is 0 Å². The Labute approximate surface area is 129 Å². The number of H-pyrrole nitrogens is 1. The maximum absolute atomic E-state index is 12.4. The van der Waals surface area contributed by atoms with E-state index in [0.717, 1.165) is 6.42 Å². The highest BCUT2D eigenvalue weighted by Gasteiger charge is 2.36. The molecule has 1 aromatic rings. The van der Waals surface area contributed by atoms with Gasteiger partial charge in [0.15, 0.2) is 5.69 Å². The number of nitrogens with one attached hydrogen (secondary N) is 1. The van der Waals surface area contributed by atoms with Crippen molar-refractivity contribution in [2.75, 3.05) is 13.6 Å². The summed E-state index contributed by atoms with van der Waals surface area (Å²) in [5.74, 6) is 0.549. The number of aromatic amines is 1. The number of carbonyl (C=O) groups excluding carboxylic acids is 1. The maximum atomic E-state index is 12.4. The molecule has 0 spiro atoms. The Morgan fingerprint density at radius 2 is 2.10 bits per heavy atom. The lowest BCUT2D eigenvalue weighted by Gasteiger charge is -2.16. The molecule has 1 aromatic heterocycles. The smallest absolute Gasteiger partial charge is 0.275 e. The zero-order valence-corrected chi connectivity index (χ0v) is 14.1. The van der Waals surface area contributed by atoms with E-state index in [9.17, 15) is 13.2 Å². The summed E-state index contributed by atoms with van der Waals surface area (Å²) in [6.45, 7) is 6.35. The molecule has 0 saturated heterocycles. The highest BCUT2D eigenvalue weighted by atomic mass is 35.7. The van der Waals surface area contributed by atoms with Gasteiger partial charge in [0, 0.05) is 24.3 Å². The van der Waals surface area contributed by atoms with E-state index < -0.39 is 15.0 Å². The number of hydrogen-bond donors (Lipinski definition) is 1. The van der Waals surface area contributed by atoms with Crippen molar-refractivity contribution < 1.29 is 13.2 Å². The van der Waals surface area contributed by atoms with Gasteiger partial charge < -0.3 is 4.90 Å². The molecule has 1 aliphatic rings. The first kappa shape index (κ1) is 16.3. The van der Waals surface area contributed by atoms with Gasteiger partial charge in [-0.15, -0.1) is 0 Å². The minimum Gasteiger partial charge on any atom is -0.340 e. The highest BCUT2D eigenvalue weighted by molar-refractivity contribution is 8.13. The monoisotopic (exact) mass is 333 g/mol. The molecule has 21 heavy (non-hydrogen) atoms. The number of amides is 1. The summed E-state index contributed by atoms with van der Waals surface area (Å²) in [5, 5.41) is 6.52. The minimum atomic E-state index is -4.04. The van der Waals surface area contributed by atoms with Gasteiger partial charge in [-0.05, 0) is 24.2 Å². The standard InChI is InChI=1S/C13H20ClN3O3S/c1-7(2)10-12(21(14,19)20)11(16-15-10)13(18)17(4)6-9-5-8(9)3/h7-9H,5-6H2,1-4H3,(H,15,16). The topological polar surface area (TPSA) is 83.1 Å². The average Bonchev–Trinajstić information content (AvgIpc) is 2.90. The van der Waals surface area contributed by atoms with Crippen LogP contribution in [0.2, 0.25) is 0 Å². The molecule has 8 heteroatoms. The van der Waals surface area contributed by atoms with Crippen LogP contribution in [0.5, 0.6) is 0 Å². The molecule has 1 fully saturated rings. The predicted molar refractivity (Wildman–Crippen MR) is 79.9 cm³/mol. The van der Waals surface area contributed by atoms with Gasteiger partial charge in [0.2, 0.25) is 0 Å². The number of halogens is 1. The molecule has 0 aromatic carbocycles. The summed E-state index contributed by atoms with van der Waals surface area (Å²) in [7, 11) is 3.10. The molecule has 6 nitrogen and oxygen atoms in total. The van der Waals surface area contributed by atoms with Crippen molar-refractivity contribution in [3.8, 4) is 0 Å². The fourth-order valence-corrected chi connectivity index (χ4v) is 3.77. The van der Waals surface area contributed by atoms with Crippen molar-refractivity contribution in [3.05, 3.63) is 11.4 Å². The van der Waals surface area contributed by atoms with Gasteiger partial charge >= 0.3 is 0 Å². The molecule has 1 heterocycles. The van der Waals surface area contributed by atoms with Crippen LogP contribution < -0.4 is 0 Å². The molecule has 118 valence electrons. The van der Waals surface area contributed by atoms with E-state index in [-0.39, 0.29) is 16.5 Å². The van der Waals surface area contributed by atoms with E-state index in [1.54, 1.807) is 7.05 Å². The summed E-state index contributed by atoms with van der Waals surface area (Å²) in [4.78, 5) is 13.8. The Kier molecular flexibility index (Phi) is 4.35. The molecule has 2 unspecified atom stereocenters. The molecule has 1 saturated carbocycles.